The minimum Gasteiger partial charge on any atom is -0.506 e. The quantitative estimate of drug-likeness (QED) is 0.156. The molecule has 2 aromatic rings. The number of aliphatic imine (C=N–C) groups is 1. The summed E-state index contributed by atoms with van der Waals surface area (Å²) < 4.78 is 0. The van der Waals surface area contributed by atoms with Gasteiger partial charge in [0.25, 0.3) is 6.54 Å². The van der Waals surface area contributed by atoms with Gasteiger partial charge in [0.1, 0.15) is 5.75 Å². The third-order valence-electron chi connectivity index (χ3n) is 3.67. The third kappa shape index (κ3) is 8.17. The number of aromatic hydroxyl groups is 1. The summed E-state index contributed by atoms with van der Waals surface area (Å²) in [5, 5.41) is 23.6. The van der Waals surface area contributed by atoms with E-state index in [2.05, 4.69) is 25.3 Å². The number of aromatic nitrogens is 3. The number of rotatable bonds is 12. The average molecular weight is 425 g/mol. The SMILES string of the molecule is Cc1[nH]cnc1CSCCN=C(C[N+](=O)[O-])NCCSCc1ncccc1O. The number of nitrogens with one attached hydrogen (secondary N) is 2. The maximum atomic E-state index is 10.8. The van der Waals surface area contributed by atoms with Gasteiger partial charge in [-0.3, -0.25) is 20.1 Å². The average Bonchev–Trinajstić information content (AvgIpc) is 3.06. The fourth-order valence-electron chi connectivity index (χ4n) is 2.21. The van der Waals surface area contributed by atoms with E-state index in [0.29, 0.717) is 30.4 Å². The maximum Gasteiger partial charge on any atom is 0.259 e. The number of H-pyrrole nitrogens is 1. The number of hydrogen-bond acceptors (Lipinski definition) is 8. The molecule has 9 nitrogen and oxygen atoms in total. The Morgan fingerprint density at radius 3 is 2.82 bits per heavy atom. The van der Waals surface area contributed by atoms with Crippen LogP contribution in [0.5, 0.6) is 5.75 Å². The summed E-state index contributed by atoms with van der Waals surface area (Å²) in [6.07, 6.45) is 3.32. The molecule has 152 valence electrons. The van der Waals surface area contributed by atoms with Crippen LogP contribution in [0.1, 0.15) is 17.1 Å². The summed E-state index contributed by atoms with van der Waals surface area (Å²) in [6.45, 7) is 2.74. The van der Waals surface area contributed by atoms with E-state index in [4.69, 9.17) is 0 Å². The van der Waals surface area contributed by atoms with Gasteiger partial charge in [0.05, 0.1) is 24.3 Å². The molecule has 2 heterocycles. The largest absolute Gasteiger partial charge is 0.506 e. The van der Waals surface area contributed by atoms with Crippen molar-refractivity contribution in [2.75, 3.05) is 31.1 Å². The topological polar surface area (TPSA) is 129 Å². The van der Waals surface area contributed by atoms with Crippen molar-refractivity contribution in [1.29, 1.82) is 0 Å². The molecule has 0 radical (unpaired) electrons. The zero-order valence-corrected chi connectivity index (χ0v) is 17.3. The van der Waals surface area contributed by atoms with Crippen LogP contribution in [0.4, 0.5) is 0 Å². The summed E-state index contributed by atoms with van der Waals surface area (Å²) in [4.78, 5) is 26.2. The Balaban J connectivity index is 1.66. The van der Waals surface area contributed by atoms with E-state index in [1.165, 1.54) is 0 Å². The van der Waals surface area contributed by atoms with Crippen LogP contribution in [-0.2, 0) is 11.5 Å². The lowest BCUT2D eigenvalue weighted by Gasteiger charge is -2.07. The second-order valence-corrected chi connectivity index (χ2v) is 8.01. The number of pyridine rings is 1. The highest BCUT2D eigenvalue weighted by molar-refractivity contribution is 7.98. The number of aromatic amines is 1. The van der Waals surface area contributed by atoms with Crippen molar-refractivity contribution in [3.8, 4) is 5.75 Å². The smallest absolute Gasteiger partial charge is 0.259 e. The number of aryl methyl sites for hydroxylation is 1. The minimum atomic E-state index is -0.384. The fraction of sp³-hybridized carbons (Fsp3) is 0.471. The van der Waals surface area contributed by atoms with Crippen molar-refractivity contribution in [1.82, 2.24) is 20.3 Å². The molecule has 2 aromatic heterocycles. The first-order chi connectivity index (χ1) is 13.6. The van der Waals surface area contributed by atoms with Gasteiger partial charge in [0.15, 0.2) is 5.84 Å². The second kappa shape index (κ2) is 12.2. The predicted molar refractivity (Wildman–Crippen MR) is 114 cm³/mol. The predicted octanol–water partition coefficient (Wildman–Crippen LogP) is 2.25. The van der Waals surface area contributed by atoms with Crippen LogP contribution in [0.2, 0.25) is 0 Å². The van der Waals surface area contributed by atoms with E-state index in [0.717, 1.165) is 28.6 Å². The Bertz CT molecular complexity index is 784. The Morgan fingerprint density at radius 1 is 1.32 bits per heavy atom. The van der Waals surface area contributed by atoms with E-state index in [1.54, 1.807) is 48.2 Å². The molecule has 0 aromatic carbocycles. The van der Waals surface area contributed by atoms with Gasteiger partial charge in [0, 0.05) is 46.4 Å². The molecule has 0 atom stereocenters. The monoisotopic (exact) mass is 424 g/mol. The van der Waals surface area contributed by atoms with Crippen LogP contribution >= 0.6 is 23.5 Å². The summed E-state index contributed by atoms with van der Waals surface area (Å²) in [5.74, 6) is 3.44. The molecule has 0 spiro atoms. The molecule has 0 bridgehead atoms. The van der Waals surface area contributed by atoms with Crippen molar-refractivity contribution < 1.29 is 10.0 Å². The highest BCUT2D eigenvalue weighted by atomic mass is 32.2. The zero-order valence-electron chi connectivity index (χ0n) is 15.6. The molecule has 0 aliphatic carbocycles. The van der Waals surface area contributed by atoms with Crippen molar-refractivity contribution >= 4 is 29.4 Å². The van der Waals surface area contributed by atoms with E-state index >= 15 is 0 Å². The number of nitrogens with zero attached hydrogens (tertiary/aromatic N) is 4. The summed E-state index contributed by atoms with van der Waals surface area (Å²) in [7, 11) is 0. The van der Waals surface area contributed by atoms with Crippen LogP contribution in [0, 0.1) is 17.0 Å². The van der Waals surface area contributed by atoms with Crippen LogP contribution in [-0.4, -0.2) is 62.0 Å². The molecule has 0 saturated heterocycles. The normalized spacial score (nSPS) is 11.5. The molecule has 11 heteroatoms. The maximum absolute atomic E-state index is 10.8. The van der Waals surface area contributed by atoms with E-state index < -0.39 is 0 Å². The van der Waals surface area contributed by atoms with E-state index in [1.807, 2.05) is 6.92 Å². The van der Waals surface area contributed by atoms with Crippen molar-refractivity contribution in [2.24, 2.45) is 4.99 Å². The van der Waals surface area contributed by atoms with Crippen molar-refractivity contribution in [3.63, 3.8) is 0 Å². The molecule has 0 aliphatic heterocycles. The zero-order chi connectivity index (χ0) is 20.2. The lowest BCUT2D eigenvalue weighted by Crippen LogP contribution is -2.32. The Labute approximate surface area is 172 Å². The number of thioether (sulfide) groups is 2. The van der Waals surface area contributed by atoms with Gasteiger partial charge >= 0.3 is 0 Å². The highest BCUT2D eigenvalue weighted by Crippen LogP contribution is 2.18. The molecule has 0 fully saturated rings. The highest BCUT2D eigenvalue weighted by Gasteiger charge is 2.07. The van der Waals surface area contributed by atoms with Crippen molar-refractivity contribution in [2.45, 2.75) is 18.4 Å². The number of nitro groups is 1. The molecule has 0 unspecified atom stereocenters. The fourth-order valence-corrected chi connectivity index (χ4v) is 3.86. The van der Waals surface area contributed by atoms with E-state index in [-0.39, 0.29) is 17.2 Å². The van der Waals surface area contributed by atoms with E-state index in [9.17, 15) is 15.2 Å². The van der Waals surface area contributed by atoms with Crippen LogP contribution < -0.4 is 5.32 Å². The number of hydrogen-bond donors (Lipinski definition) is 3. The first-order valence-corrected chi connectivity index (χ1v) is 11.0. The second-order valence-electron chi connectivity index (χ2n) is 5.79. The van der Waals surface area contributed by atoms with Crippen molar-refractivity contribution in [3.05, 3.63) is 51.9 Å². The van der Waals surface area contributed by atoms with Gasteiger partial charge in [-0.1, -0.05) is 0 Å². The molecule has 0 amide bonds. The van der Waals surface area contributed by atoms with Gasteiger partial charge in [-0.15, -0.1) is 0 Å². The lowest BCUT2D eigenvalue weighted by atomic mass is 10.3. The lowest BCUT2D eigenvalue weighted by molar-refractivity contribution is -0.463. The summed E-state index contributed by atoms with van der Waals surface area (Å²) in [5.41, 5.74) is 2.72. The third-order valence-corrected chi connectivity index (χ3v) is 5.59. The summed E-state index contributed by atoms with van der Waals surface area (Å²) >= 11 is 3.28. The molecular formula is C17H24N6O3S2. The first kappa shape index (κ1) is 22.0. The summed E-state index contributed by atoms with van der Waals surface area (Å²) in [6, 6.07) is 3.29. The Hall–Kier alpha value is -2.27. The molecular weight excluding hydrogens is 400 g/mol. The molecule has 0 saturated carbocycles. The van der Waals surface area contributed by atoms with Gasteiger partial charge in [-0.2, -0.15) is 23.5 Å². The first-order valence-electron chi connectivity index (χ1n) is 8.72. The molecule has 28 heavy (non-hydrogen) atoms. The Kier molecular flexibility index (Phi) is 9.63. The van der Waals surface area contributed by atoms with Crippen LogP contribution in [0.15, 0.2) is 29.6 Å². The standard InChI is InChI=1S/C17H24N6O3S2/c1-13-14(22-12-21-13)10-27-7-5-19-17(9-23(25)26)20-6-8-28-11-15-16(24)3-2-4-18-15/h2-4,12,24H,5-11H2,1H3,(H,19,20)(H,21,22). The van der Waals surface area contributed by atoms with Gasteiger partial charge < -0.3 is 15.4 Å². The molecule has 0 aliphatic rings. The molecule has 3 N–H and O–H groups in total. The van der Waals surface area contributed by atoms with Gasteiger partial charge in [-0.25, -0.2) is 4.98 Å². The van der Waals surface area contributed by atoms with Gasteiger partial charge in [-0.05, 0) is 19.1 Å². The van der Waals surface area contributed by atoms with Crippen LogP contribution in [0.25, 0.3) is 0 Å². The molecule has 2 rings (SSSR count). The van der Waals surface area contributed by atoms with Crippen LogP contribution in [0.3, 0.4) is 0 Å². The van der Waals surface area contributed by atoms with Gasteiger partial charge in [0.2, 0.25) is 0 Å². The minimum absolute atomic E-state index is 0.182. The number of imidazole rings is 1. The Morgan fingerprint density at radius 2 is 2.11 bits per heavy atom. The number of amidine groups is 1.